The van der Waals surface area contributed by atoms with E-state index in [2.05, 4.69) is 38.4 Å². The van der Waals surface area contributed by atoms with E-state index in [0.717, 1.165) is 21.2 Å². The zero-order valence-electron chi connectivity index (χ0n) is 14.7. The molecule has 5 nitrogen and oxygen atoms in total. The van der Waals surface area contributed by atoms with Crippen LogP contribution in [0.2, 0.25) is 10.0 Å². The van der Waals surface area contributed by atoms with Gasteiger partial charge in [0.15, 0.2) is 16.6 Å². The predicted octanol–water partition coefficient (Wildman–Crippen LogP) is 5.00. The van der Waals surface area contributed by atoms with Crippen LogP contribution in [-0.2, 0) is 6.61 Å². The molecule has 2 N–H and O–H groups in total. The van der Waals surface area contributed by atoms with E-state index >= 15 is 0 Å². The molecular formula is C18H18Cl2IN3O2S. The molecule has 2 rings (SSSR count). The van der Waals surface area contributed by atoms with E-state index in [4.69, 9.17) is 44.9 Å². The van der Waals surface area contributed by atoms with Gasteiger partial charge >= 0.3 is 0 Å². The molecule has 0 unspecified atom stereocenters. The molecule has 0 atom stereocenters. The van der Waals surface area contributed by atoms with E-state index in [1.807, 2.05) is 25.1 Å². The Balaban J connectivity index is 2.13. The number of hydrogen-bond donors (Lipinski definition) is 2. The maximum absolute atomic E-state index is 6.20. The summed E-state index contributed by atoms with van der Waals surface area (Å²) in [6.45, 7) is 2.99. The molecule has 2 aromatic rings. The van der Waals surface area contributed by atoms with E-state index in [9.17, 15) is 0 Å². The minimum Gasteiger partial charge on any atom is -0.493 e. The highest BCUT2D eigenvalue weighted by atomic mass is 127. The maximum Gasteiger partial charge on any atom is 0.186 e. The summed E-state index contributed by atoms with van der Waals surface area (Å²) < 4.78 is 12.3. The Morgan fingerprint density at radius 3 is 2.74 bits per heavy atom. The summed E-state index contributed by atoms with van der Waals surface area (Å²) >= 11 is 19.4. The molecule has 0 aliphatic rings. The molecule has 0 aromatic heterocycles. The van der Waals surface area contributed by atoms with Gasteiger partial charge in [-0.25, -0.2) is 0 Å². The van der Waals surface area contributed by atoms with Gasteiger partial charge in [-0.3, -0.25) is 5.43 Å². The first-order chi connectivity index (χ1) is 12.9. The summed E-state index contributed by atoms with van der Waals surface area (Å²) in [4.78, 5) is 0. The minimum absolute atomic E-state index is 0.300. The molecule has 0 saturated carbocycles. The third-order valence-corrected chi connectivity index (χ3v) is 4.98. The van der Waals surface area contributed by atoms with Crippen LogP contribution in [0.1, 0.15) is 18.1 Å². The number of methoxy groups -OCH3 is 1. The molecular weight excluding hydrogens is 520 g/mol. The van der Waals surface area contributed by atoms with Gasteiger partial charge in [-0.1, -0.05) is 29.3 Å². The van der Waals surface area contributed by atoms with Crippen molar-refractivity contribution >= 4 is 69.3 Å². The standard InChI is InChI=1S/C18H18Cl2IN3O2S/c1-3-22-18(27)24-23-9-11-6-15(21)17(16(7-11)25-2)26-10-12-4-5-13(19)8-14(12)20/h4-9H,3,10H2,1-2H3,(H2,22,24,27)/b23-9-. The highest BCUT2D eigenvalue weighted by Gasteiger charge is 2.12. The van der Waals surface area contributed by atoms with Gasteiger partial charge in [-0.2, -0.15) is 5.10 Å². The number of ether oxygens (including phenoxy) is 2. The van der Waals surface area contributed by atoms with Gasteiger partial charge in [0.25, 0.3) is 0 Å². The van der Waals surface area contributed by atoms with Crippen LogP contribution in [0.15, 0.2) is 35.4 Å². The average Bonchev–Trinajstić information content (AvgIpc) is 2.62. The van der Waals surface area contributed by atoms with Crippen LogP contribution in [0.3, 0.4) is 0 Å². The molecule has 0 heterocycles. The van der Waals surface area contributed by atoms with E-state index in [0.29, 0.717) is 33.3 Å². The zero-order chi connectivity index (χ0) is 19.8. The third-order valence-electron chi connectivity index (χ3n) is 3.36. The fourth-order valence-electron chi connectivity index (χ4n) is 2.11. The lowest BCUT2D eigenvalue weighted by atomic mass is 10.2. The Hall–Kier alpha value is -1.29. The van der Waals surface area contributed by atoms with Crippen molar-refractivity contribution in [2.45, 2.75) is 13.5 Å². The van der Waals surface area contributed by atoms with E-state index in [-0.39, 0.29) is 0 Å². The van der Waals surface area contributed by atoms with Gasteiger partial charge in [-0.05, 0) is 71.6 Å². The third kappa shape index (κ3) is 6.67. The van der Waals surface area contributed by atoms with Gasteiger partial charge in [-0.15, -0.1) is 0 Å². The van der Waals surface area contributed by atoms with Gasteiger partial charge in [0, 0.05) is 22.2 Å². The molecule has 0 saturated heterocycles. The molecule has 9 heteroatoms. The van der Waals surface area contributed by atoms with Crippen molar-refractivity contribution in [3.63, 3.8) is 0 Å². The maximum atomic E-state index is 6.20. The molecule has 0 bridgehead atoms. The number of nitrogens with zero attached hydrogens (tertiary/aromatic N) is 1. The van der Waals surface area contributed by atoms with E-state index < -0.39 is 0 Å². The molecule has 0 spiro atoms. The summed E-state index contributed by atoms with van der Waals surface area (Å²) in [5.74, 6) is 1.24. The molecule has 0 aliphatic heterocycles. The lowest BCUT2D eigenvalue weighted by Gasteiger charge is -2.14. The van der Waals surface area contributed by atoms with Crippen LogP contribution < -0.4 is 20.2 Å². The molecule has 0 aliphatic carbocycles. The Morgan fingerprint density at radius 1 is 1.30 bits per heavy atom. The SMILES string of the molecule is CCNC(=S)N/N=C\c1cc(I)c(OCc2ccc(Cl)cc2Cl)c(OC)c1. The van der Waals surface area contributed by atoms with Crippen LogP contribution >= 0.6 is 58.0 Å². The summed E-state index contributed by atoms with van der Waals surface area (Å²) in [5.41, 5.74) is 4.44. The quantitative estimate of drug-likeness (QED) is 0.225. The zero-order valence-corrected chi connectivity index (χ0v) is 19.2. The number of rotatable bonds is 7. The highest BCUT2D eigenvalue weighted by Crippen LogP contribution is 2.34. The van der Waals surface area contributed by atoms with Crippen molar-refractivity contribution < 1.29 is 9.47 Å². The van der Waals surface area contributed by atoms with E-state index in [1.165, 1.54) is 0 Å². The van der Waals surface area contributed by atoms with Gasteiger partial charge in [0.1, 0.15) is 6.61 Å². The fraction of sp³-hybridized carbons (Fsp3) is 0.222. The lowest BCUT2D eigenvalue weighted by Crippen LogP contribution is -2.31. The second kappa shape index (κ2) is 10.9. The van der Waals surface area contributed by atoms with Crippen molar-refractivity contribution in [2.24, 2.45) is 5.10 Å². The molecule has 0 radical (unpaired) electrons. The normalized spacial score (nSPS) is 10.7. The average molecular weight is 538 g/mol. The molecule has 0 fully saturated rings. The molecule has 2 aromatic carbocycles. The lowest BCUT2D eigenvalue weighted by molar-refractivity contribution is 0.282. The summed E-state index contributed by atoms with van der Waals surface area (Å²) in [6, 6.07) is 9.07. The molecule has 144 valence electrons. The van der Waals surface area contributed by atoms with Crippen molar-refractivity contribution in [3.8, 4) is 11.5 Å². The number of halogens is 3. The first kappa shape index (κ1) is 22.0. The topological polar surface area (TPSA) is 54.9 Å². The molecule has 0 amide bonds. The number of hydrogen-bond acceptors (Lipinski definition) is 4. The Morgan fingerprint density at radius 2 is 2.07 bits per heavy atom. The van der Waals surface area contributed by atoms with Crippen LogP contribution in [0, 0.1) is 3.57 Å². The second-order valence-electron chi connectivity index (χ2n) is 5.29. The summed E-state index contributed by atoms with van der Waals surface area (Å²) in [6.07, 6.45) is 1.66. The van der Waals surface area contributed by atoms with Crippen molar-refractivity contribution in [2.75, 3.05) is 13.7 Å². The Kier molecular flexibility index (Phi) is 8.88. The van der Waals surface area contributed by atoms with Crippen molar-refractivity contribution in [3.05, 3.63) is 55.1 Å². The smallest absolute Gasteiger partial charge is 0.186 e. The predicted molar refractivity (Wildman–Crippen MR) is 124 cm³/mol. The van der Waals surface area contributed by atoms with E-state index in [1.54, 1.807) is 25.5 Å². The highest BCUT2D eigenvalue weighted by molar-refractivity contribution is 14.1. The summed E-state index contributed by atoms with van der Waals surface area (Å²) in [5, 5.41) is 8.68. The van der Waals surface area contributed by atoms with Crippen molar-refractivity contribution in [1.82, 2.24) is 10.7 Å². The number of nitrogens with one attached hydrogen (secondary N) is 2. The fourth-order valence-corrected chi connectivity index (χ4v) is 3.55. The number of benzene rings is 2. The number of hydrazone groups is 1. The largest absolute Gasteiger partial charge is 0.493 e. The summed E-state index contributed by atoms with van der Waals surface area (Å²) in [7, 11) is 1.59. The second-order valence-corrected chi connectivity index (χ2v) is 7.70. The van der Waals surface area contributed by atoms with Crippen molar-refractivity contribution in [1.29, 1.82) is 0 Å². The van der Waals surface area contributed by atoms with Gasteiger partial charge in [0.2, 0.25) is 0 Å². The Bertz CT molecular complexity index is 850. The van der Waals surface area contributed by atoms with Crippen LogP contribution in [0.4, 0.5) is 0 Å². The monoisotopic (exact) mass is 537 g/mol. The van der Waals surface area contributed by atoms with Gasteiger partial charge < -0.3 is 14.8 Å². The first-order valence-corrected chi connectivity index (χ1v) is 10.2. The van der Waals surface area contributed by atoms with Crippen LogP contribution in [0.5, 0.6) is 11.5 Å². The first-order valence-electron chi connectivity index (χ1n) is 7.95. The number of thiocarbonyl (C=S) groups is 1. The van der Waals surface area contributed by atoms with Crippen LogP contribution in [-0.4, -0.2) is 25.0 Å². The minimum atomic E-state index is 0.300. The van der Waals surface area contributed by atoms with Gasteiger partial charge in [0.05, 0.1) is 16.9 Å². The Labute approximate surface area is 187 Å². The van der Waals surface area contributed by atoms with Crippen LogP contribution in [0.25, 0.3) is 0 Å². The molecule has 27 heavy (non-hydrogen) atoms.